The average Bonchev–Trinajstić information content (AvgIpc) is 2.58. The Labute approximate surface area is 144 Å². The number of hydrogen-bond acceptors (Lipinski definition) is 2. The highest BCUT2D eigenvalue weighted by atomic mass is 16.5. The van der Waals surface area contributed by atoms with Crippen molar-refractivity contribution >= 4 is 12.0 Å². The van der Waals surface area contributed by atoms with Gasteiger partial charge in [-0.05, 0) is 56.0 Å². The smallest absolute Gasteiger partial charge is 0.243 e. The maximum Gasteiger partial charge on any atom is 0.243 e. The molecule has 2 aromatic carbocycles. The van der Waals surface area contributed by atoms with Gasteiger partial charge in [-0.2, -0.15) is 0 Å². The quantitative estimate of drug-likeness (QED) is 0.583. The fourth-order valence-electron chi connectivity index (χ4n) is 2.35. The molecule has 0 spiro atoms. The molecule has 0 aliphatic carbocycles. The molecule has 0 radical (unpaired) electrons. The Balaban J connectivity index is 1.71. The summed E-state index contributed by atoms with van der Waals surface area (Å²) in [7, 11) is 0. The van der Waals surface area contributed by atoms with Gasteiger partial charge in [0.05, 0.1) is 6.10 Å². The van der Waals surface area contributed by atoms with Crippen molar-refractivity contribution in [1.29, 1.82) is 0 Å². The maximum absolute atomic E-state index is 11.8. The van der Waals surface area contributed by atoms with Crippen molar-refractivity contribution < 1.29 is 9.53 Å². The van der Waals surface area contributed by atoms with E-state index in [0.29, 0.717) is 6.54 Å². The van der Waals surface area contributed by atoms with E-state index < -0.39 is 0 Å². The number of carbonyl (C=O) groups is 1. The molecule has 0 saturated carbocycles. The molecule has 24 heavy (non-hydrogen) atoms. The van der Waals surface area contributed by atoms with Crippen LogP contribution in [-0.4, -0.2) is 18.6 Å². The highest BCUT2D eigenvalue weighted by Gasteiger charge is 2.00. The molecule has 2 aromatic rings. The van der Waals surface area contributed by atoms with E-state index in [4.69, 9.17) is 4.74 Å². The average molecular weight is 323 g/mol. The molecule has 0 aromatic heterocycles. The number of rotatable bonds is 8. The van der Waals surface area contributed by atoms with Crippen molar-refractivity contribution in [2.75, 3.05) is 6.54 Å². The van der Waals surface area contributed by atoms with Crippen molar-refractivity contribution in [3.63, 3.8) is 0 Å². The number of ether oxygens (including phenoxy) is 1. The van der Waals surface area contributed by atoms with Gasteiger partial charge in [0.1, 0.15) is 5.75 Å². The minimum Gasteiger partial charge on any atom is -0.491 e. The first-order chi connectivity index (χ1) is 11.6. The minimum atomic E-state index is -0.0595. The van der Waals surface area contributed by atoms with E-state index in [1.54, 1.807) is 6.08 Å². The van der Waals surface area contributed by atoms with Crippen LogP contribution in [0.25, 0.3) is 6.08 Å². The van der Waals surface area contributed by atoms with Crippen LogP contribution in [0.3, 0.4) is 0 Å². The van der Waals surface area contributed by atoms with Gasteiger partial charge in [0, 0.05) is 12.6 Å². The predicted molar refractivity (Wildman–Crippen MR) is 99.0 cm³/mol. The van der Waals surface area contributed by atoms with Gasteiger partial charge in [0.2, 0.25) is 5.91 Å². The van der Waals surface area contributed by atoms with Crippen molar-refractivity contribution in [3.8, 4) is 5.75 Å². The molecule has 2 rings (SSSR count). The van der Waals surface area contributed by atoms with Gasteiger partial charge in [-0.3, -0.25) is 4.79 Å². The molecule has 126 valence electrons. The van der Waals surface area contributed by atoms with Crippen LogP contribution in [0, 0.1) is 0 Å². The largest absolute Gasteiger partial charge is 0.491 e. The van der Waals surface area contributed by atoms with Gasteiger partial charge in [-0.25, -0.2) is 0 Å². The summed E-state index contributed by atoms with van der Waals surface area (Å²) in [5, 5.41) is 2.91. The van der Waals surface area contributed by atoms with E-state index in [9.17, 15) is 4.79 Å². The summed E-state index contributed by atoms with van der Waals surface area (Å²) in [4.78, 5) is 11.8. The number of aryl methyl sites for hydroxylation is 1. The van der Waals surface area contributed by atoms with Gasteiger partial charge < -0.3 is 10.1 Å². The fraction of sp³-hybridized carbons (Fsp3) is 0.286. The van der Waals surface area contributed by atoms with Crippen LogP contribution in [0.2, 0.25) is 0 Å². The molecule has 0 bridgehead atoms. The van der Waals surface area contributed by atoms with Crippen LogP contribution in [0.15, 0.2) is 60.7 Å². The zero-order chi connectivity index (χ0) is 17.2. The number of amides is 1. The lowest BCUT2D eigenvalue weighted by Crippen LogP contribution is -2.22. The Hall–Kier alpha value is -2.55. The lowest BCUT2D eigenvalue weighted by Gasteiger charge is -2.11. The van der Waals surface area contributed by atoms with E-state index in [0.717, 1.165) is 24.2 Å². The van der Waals surface area contributed by atoms with Gasteiger partial charge in [-0.15, -0.1) is 0 Å². The molecule has 0 saturated heterocycles. The standard InChI is InChI=1S/C21H25NO2/c1-17(2)24-20-12-6-10-19(16-20)11-7-15-22-21(23)14-13-18-8-4-3-5-9-18/h3-6,8-10,12-14,16-17H,7,11,15H2,1-2H3,(H,22,23)/b14-13+. The van der Waals surface area contributed by atoms with Crippen molar-refractivity contribution in [3.05, 3.63) is 71.8 Å². The van der Waals surface area contributed by atoms with Crippen LogP contribution in [-0.2, 0) is 11.2 Å². The number of nitrogens with one attached hydrogen (secondary N) is 1. The highest BCUT2D eigenvalue weighted by molar-refractivity contribution is 5.91. The first-order valence-electron chi connectivity index (χ1n) is 8.40. The number of carbonyl (C=O) groups excluding carboxylic acids is 1. The van der Waals surface area contributed by atoms with Gasteiger partial charge in [0.25, 0.3) is 0 Å². The van der Waals surface area contributed by atoms with Crippen LogP contribution >= 0.6 is 0 Å². The third-order valence-corrected chi connectivity index (χ3v) is 3.44. The van der Waals surface area contributed by atoms with E-state index in [1.165, 1.54) is 5.56 Å². The Kier molecular flexibility index (Phi) is 7.09. The first kappa shape index (κ1) is 17.8. The summed E-state index contributed by atoms with van der Waals surface area (Å²) in [6, 6.07) is 17.9. The van der Waals surface area contributed by atoms with Crippen LogP contribution in [0.4, 0.5) is 0 Å². The Morgan fingerprint density at radius 2 is 1.92 bits per heavy atom. The first-order valence-corrected chi connectivity index (χ1v) is 8.40. The van der Waals surface area contributed by atoms with Crippen molar-refractivity contribution in [1.82, 2.24) is 5.32 Å². The number of benzene rings is 2. The van der Waals surface area contributed by atoms with E-state index in [-0.39, 0.29) is 12.0 Å². The van der Waals surface area contributed by atoms with E-state index in [2.05, 4.69) is 17.4 Å². The summed E-state index contributed by atoms with van der Waals surface area (Å²) in [5.74, 6) is 0.841. The maximum atomic E-state index is 11.8. The topological polar surface area (TPSA) is 38.3 Å². The molecule has 0 atom stereocenters. The molecule has 0 aliphatic heterocycles. The van der Waals surface area contributed by atoms with Crippen molar-refractivity contribution in [2.45, 2.75) is 32.8 Å². The molecule has 3 heteroatoms. The van der Waals surface area contributed by atoms with Gasteiger partial charge in [0.15, 0.2) is 0 Å². The molecular weight excluding hydrogens is 298 g/mol. The van der Waals surface area contributed by atoms with E-state index in [1.807, 2.05) is 62.4 Å². The second kappa shape index (κ2) is 9.56. The molecule has 0 unspecified atom stereocenters. The van der Waals surface area contributed by atoms with Crippen LogP contribution in [0.5, 0.6) is 5.75 Å². The minimum absolute atomic E-state index is 0.0595. The lowest BCUT2D eigenvalue weighted by molar-refractivity contribution is -0.116. The molecule has 1 amide bonds. The molecule has 0 aliphatic rings. The molecule has 0 heterocycles. The second-order valence-corrected chi connectivity index (χ2v) is 5.95. The SMILES string of the molecule is CC(C)Oc1cccc(CCCNC(=O)/C=C/c2ccccc2)c1. The summed E-state index contributed by atoms with van der Waals surface area (Å²) in [6.45, 7) is 4.70. The Morgan fingerprint density at radius 1 is 1.12 bits per heavy atom. The monoisotopic (exact) mass is 323 g/mol. The third kappa shape index (κ3) is 6.69. The van der Waals surface area contributed by atoms with E-state index >= 15 is 0 Å². The summed E-state index contributed by atoms with van der Waals surface area (Å²) >= 11 is 0. The van der Waals surface area contributed by atoms with Crippen LogP contribution < -0.4 is 10.1 Å². The molecular formula is C21H25NO2. The fourth-order valence-corrected chi connectivity index (χ4v) is 2.35. The normalized spacial score (nSPS) is 11.0. The molecule has 0 fully saturated rings. The summed E-state index contributed by atoms with van der Waals surface area (Å²) in [6.07, 6.45) is 5.39. The Morgan fingerprint density at radius 3 is 2.67 bits per heavy atom. The van der Waals surface area contributed by atoms with Crippen molar-refractivity contribution in [2.24, 2.45) is 0 Å². The number of hydrogen-bond donors (Lipinski definition) is 1. The Bertz CT molecular complexity index is 663. The zero-order valence-corrected chi connectivity index (χ0v) is 14.4. The molecule has 1 N–H and O–H groups in total. The van der Waals surface area contributed by atoms with Gasteiger partial charge >= 0.3 is 0 Å². The lowest BCUT2D eigenvalue weighted by atomic mass is 10.1. The second-order valence-electron chi connectivity index (χ2n) is 5.95. The summed E-state index contributed by atoms with van der Waals surface area (Å²) in [5.41, 5.74) is 2.25. The van der Waals surface area contributed by atoms with Gasteiger partial charge in [-0.1, -0.05) is 42.5 Å². The predicted octanol–water partition coefficient (Wildman–Crippen LogP) is 4.24. The third-order valence-electron chi connectivity index (χ3n) is 3.44. The van der Waals surface area contributed by atoms with Crippen LogP contribution in [0.1, 0.15) is 31.4 Å². The zero-order valence-electron chi connectivity index (χ0n) is 14.4. The summed E-state index contributed by atoms with van der Waals surface area (Å²) < 4.78 is 5.69. The highest BCUT2D eigenvalue weighted by Crippen LogP contribution is 2.15. The molecule has 3 nitrogen and oxygen atoms in total.